The minimum Gasteiger partial charge on any atom is -0.443 e. The smallest absolute Gasteiger partial charge is 0.443 e. The molecule has 7 nitrogen and oxygen atoms in total. The average molecular weight is 409 g/mol. The van der Waals surface area contributed by atoms with Gasteiger partial charge in [-0.15, -0.1) is 0 Å². The zero-order chi connectivity index (χ0) is 19.9. The number of nitrogens with one attached hydrogen (secondary N) is 1. The molecule has 0 atom stereocenters. The average Bonchev–Trinajstić information content (AvgIpc) is 3.29. The Hall–Kier alpha value is -3.34. The fraction of sp³-hybridized carbons (Fsp3) is 0.0588. The summed E-state index contributed by atoms with van der Waals surface area (Å²) < 4.78 is 74.4. The number of alkyl halides is 3. The van der Waals surface area contributed by atoms with E-state index in [0.29, 0.717) is 11.0 Å². The maximum atomic E-state index is 12.5. The van der Waals surface area contributed by atoms with Crippen LogP contribution in [0.15, 0.2) is 68.6 Å². The van der Waals surface area contributed by atoms with Gasteiger partial charge in [0, 0.05) is 22.7 Å². The molecule has 1 N–H and O–H groups in total. The van der Waals surface area contributed by atoms with Gasteiger partial charge in [0.05, 0.1) is 0 Å². The van der Waals surface area contributed by atoms with Gasteiger partial charge >= 0.3 is 12.1 Å². The van der Waals surface area contributed by atoms with E-state index in [1.165, 1.54) is 30.3 Å². The normalized spacial score (nSPS) is 12.4. The highest BCUT2D eigenvalue weighted by molar-refractivity contribution is 7.92. The lowest BCUT2D eigenvalue weighted by Gasteiger charge is -2.05. The molecule has 0 amide bonds. The fourth-order valence-corrected chi connectivity index (χ4v) is 3.47. The van der Waals surface area contributed by atoms with Crippen LogP contribution < -0.4 is 4.72 Å². The molecule has 0 fully saturated rings. The van der Waals surface area contributed by atoms with Gasteiger partial charge in [-0.3, -0.25) is 4.72 Å². The number of sulfonamides is 1. The molecule has 0 aliphatic rings. The summed E-state index contributed by atoms with van der Waals surface area (Å²) in [6, 6.07) is 13.7. The number of hydrogen-bond donors (Lipinski definition) is 1. The molecule has 0 spiro atoms. The zero-order valence-corrected chi connectivity index (χ0v) is 14.6. The van der Waals surface area contributed by atoms with E-state index >= 15 is 0 Å². The number of nitrogens with zero attached hydrogens (tertiary/aromatic N) is 2. The number of hydrogen-bond acceptors (Lipinski definition) is 6. The molecular formula is C17H10F3N3O4S. The molecule has 11 heteroatoms. The van der Waals surface area contributed by atoms with Gasteiger partial charge in [0.25, 0.3) is 10.0 Å². The molecule has 0 saturated carbocycles. The lowest BCUT2D eigenvalue weighted by Crippen LogP contribution is -2.11. The van der Waals surface area contributed by atoms with Gasteiger partial charge in [0.2, 0.25) is 10.9 Å². The number of rotatable bonds is 4. The third-order valence-corrected chi connectivity index (χ3v) is 4.97. The third-order valence-electron chi connectivity index (χ3n) is 3.73. The maximum Gasteiger partial charge on any atom is 0.471 e. The second-order valence-electron chi connectivity index (χ2n) is 5.71. The van der Waals surface area contributed by atoms with Gasteiger partial charge in [0.15, 0.2) is 0 Å². The van der Waals surface area contributed by atoms with Crippen LogP contribution in [0.3, 0.4) is 0 Å². The Morgan fingerprint density at radius 1 is 1.00 bits per heavy atom. The van der Waals surface area contributed by atoms with Crippen molar-refractivity contribution >= 4 is 26.7 Å². The van der Waals surface area contributed by atoms with Crippen LogP contribution >= 0.6 is 0 Å². The van der Waals surface area contributed by atoms with E-state index in [1.807, 2.05) is 0 Å². The van der Waals surface area contributed by atoms with E-state index in [-0.39, 0.29) is 22.2 Å². The lowest BCUT2D eigenvalue weighted by molar-refractivity contribution is -0.159. The van der Waals surface area contributed by atoms with Crippen LogP contribution in [0.25, 0.3) is 22.4 Å². The van der Waals surface area contributed by atoms with Gasteiger partial charge in [-0.05, 0) is 30.3 Å². The number of anilines is 1. The van der Waals surface area contributed by atoms with Crippen LogP contribution in [0.1, 0.15) is 5.89 Å². The van der Waals surface area contributed by atoms with Gasteiger partial charge in [0.1, 0.15) is 5.58 Å². The summed E-state index contributed by atoms with van der Waals surface area (Å²) in [7, 11) is -3.98. The summed E-state index contributed by atoms with van der Waals surface area (Å²) in [5.74, 6) is -1.73. The fourth-order valence-electron chi connectivity index (χ4n) is 2.44. The van der Waals surface area contributed by atoms with Crippen molar-refractivity contribution in [1.29, 1.82) is 0 Å². The summed E-state index contributed by atoms with van der Waals surface area (Å²) in [5, 5.41) is 3.65. The molecule has 0 saturated heterocycles. The minimum absolute atomic E-state index is 0.184. The zero-order valence-electron chi connectivity index (χ0n) is 13.8. The maximum absolute atomic E-state index is 12.5. The van der Waals surface area contributed by atoms with Crippen molar-refractivity contribution in [3.8, 4) is 11.4 Å². The first-order valence-corrected chi connectivity index (χ1v) is 9.23. The Morgan fingerprint density at radius 2 is 1.71 bits per heavy atom. The van der Waals surface area contributed by atoms with Crippen molar-refractivity contribution in [3.05, 3.63) is 60.5 Å². The van der Waals surface area contributed by atoms with Crippen LogP contribution in [0.5, 0.6) is 0 Å². The quantitative estimate of drug-likeness (QED) is 0.540. The van der Waals surface area contributed by atoms with Crippen LogP contribution in [0.2, 0.25) is 0 Å². The van der Waals surface area contributed by atoms with Gasteiger partial charge < -0.3 is 8.94 Å². The molecule has 4 rings (SSSR count). The lowest BCUT2D eigenvalue weighted by atomic mass is 10.2. The number of halogens is 3. The highest BCUT2D eigenvalue weighted by Crippen LogP contribution is 2.30. The molecule has 0 radical (unpaired) electrons. The summed E-state index contributed by atoms with van der Waals surface area (Å²) in [6.45, 7) is 0. The van der Waals surface area contributed by atoms with E-state index in [9.17, 15) is 21.6 Å². The van der Waals surface area contributed by atoms with Gasteiger partial charge in [-0.1, -0.05) is 23.4 Å². The molecule has 2 aromatic heterocycles. The third kappa shape index (κ3) is 3.43. The van der Waals surface area contributed by atoms with E-state index < -0.39 is 22.1 Å². The molecule has 2 heterocycles. The van der Waals surface area contributed by atoms with Crippen LogP contribution in [-0.4, -0.2) is 18.6 Å². The first-order valence-electron chi connectivity index (χ1n) is 7.75. The van der Waals surface area contributed by atoms with Crippen LogP contribution in [-0.2, 0) is 16.2 Å². The number of para-hydroxylation sites is 1. The first-order chi connectivity index (χ1) is 13.2. The Morgan fingerprint density at radius 3 is 2.36 bits per heavy atom. The first kappa shape index (κ1) is 18.0. The van der Waals surface area contributed by atoms with Crippen molar-refractivity contribution in [2.24, 2.45) is 0 Å². The minimum atomic E-state index is -4.74. The second kappa shape index (κ2) is 6.37. The van der Waals surface area contributed by atoms with Gasteiger partial charge in [-0.25, -0.2) is 0 Å². The molecule has 0 bridgehead atoms. The van der Waals surface area contributed by atoms with Crippen molar-refractivity contribution < 1.29 is 30.5 Å². The van der Waals surface area contributed by atoms with E-state index in [0.717, 1.165) is 0 Å². The number of benzene rings is 2. The monoisotopic (exact) mass is 409 g/mol. The number of aromatic nitrogens is 2. The summed E-state index contributed by atoms with van der Waals surface area (Å²) in [4.78, 5) is 3.27. The molecule has 0 unspecified atom stereocenters. The Labute approximate surface area is 155 Å². The summed E-state index contributed by atoms with van der Waals surface area (Å²) >= 11 is 0. The van der Waals surface area contributed by atoms with Crippen molar-refractivity contribution in [3.63, 3.8) is 0 Å². The van der Waals surface area contributed by atoms with Crippen LogP contribution in [0.4, 0.5) is 18.9 Å². The largest absolute Gasteiger partial charge is 0.471 e. The van der Waals surface area contributed by atoms with Gasteiger partial charge in [-0.2, -0.15) is 26.6 Å². The molecule has 4 aromatic rings. The highest BCUT2D eigenvalue weighted by Gasteiger charge is 2.38. The van der Waals surface area contributed by atoms with Crippen molar-refractivity contribution in [1.82, 2.24) is 10.1 Å². The number of furan rings is 1. The summed E-state index contributed by atoms with van der Waals surface area (Å²) in [5.41, 5.74) is 0.838. The molecule has 144 valence electrons. The number of fused-ring (bicyclic) bond motifs is 1. The SMILES string of the molecule is O=S(=O)(Nc1ccc(-c2noc(C(F)(F)F)n2)cc1)c1cc2ccccc2o1. The Balaban J connectivity index is 1.56. The second-order valence-corrected chi connectivity index (χ2v) is 7.32. The predicted molar refractivity (Wildman–Crippen MR) is 91.8 cm³/mol. The molecular weight excluding hydrogens is 399 g/mol. The molecule has 0 aliphatic heterocycles. The topological polar surface area (TPSA) is 98.2 Å². The molecule has 0 aliphatic carbocycles. The standard InChI is InChI=1S/C17H10F3N3O4S/c18-17(19,20)16-21-15(22-27-16)10-5-7-12(8-6-10)23-28(24,25)14-9-11-3-1-2-4-13(11)26-14/h1-9,23H. The summed E-state index contributed by atoms with van der Waals surface area (Å²) in [6.07, 6.45) is -4.74. The van der Waals surface area contributed by atoms with Crippen molar-refractivity contribution in [2.75, 3.05) is 4.72 Å². The van der Waals surface area contributed by atoms with E-state index in [1.54, 1.807) is 24.3 Å². The molecule has 28 heavy (non-hydrogen) atoms. The van der Waals surface area contributed by atoms with Crippen LogP contribution in [0, 0.1) is 0 Å². The van der Waals surface area contributed by atoms with Crippen molar-refractivity contribution in [2.45, 2.75) is 11.3 Å². The molecule has 2 aromatic carbocycles. The van der Waals surface area contributed by atoms with E-state index in [4.69, 9.17) is 4.42 Å². The Bertz CT molecular complexity index is 1210. The van der Waals surface area contributed by atoms with E-state index in [2.05, 4.69) is 19.4 Å². The highest BCUT2D eigenvalue weighted by atomic mass is 32.2. The predicted octanol–water partition coefficient (Wildman–Crippen LogP) is 4.30. The Kier molecular flexibility index (Phi) is 4.11.